The molecule has 5 unspecified atom stereocenters. The van der Waals surface area contributed by atoms with Gasteiger partial charge in [-0.1, -0.05) is 127 Å². The largest absolute Gasteiger partial charge is 0.456 e. The zero-order chi connectivity index (χ0) is 38.9. The van der Waals surface area contributed by atoms with Crippen LogP contribution >= 0.6 is 0 Å². The normalized spacial score (nSPS) is 24.8. The molecule has 2 bridgehead atoms. The molecule has 2 aromatic heterocycles. The number of aromatic nitrogens is 3. The molecule has 4 fully saturated rings. The molecule has 5 heteroatoms. The Labute approximate surface area is 342 Å². The maximum Gasteiger partial charge on any atom is 0.164 e. The number of rotatable bonds is 6. The highest BCUT2D eigenvalue weighted by Gasteiger charge is 2.84. The highest BCUT2D eigenvalue weighted by atomic mass is 16.3. The van der Waals surface area contributed by atoms with Gasteiger partial charge in [-0.25, -0.2) is 15.0 Å². The van der Waals surface area contributed by atoms with Crippen molar-refractivity contribution in [2.45, 2.75) is 42.9 Å². The van der Waals surface area contributed by atoms with Crippen molar-refractivity contribution < 1.29 is 4.42 Å². The molecule has 4 aliphatic rings. The van der Waals surface area contributed by atoms with Crippen LogP contribution < -0.4 is 0 Å². The molecule has 5 atom stereocenters. The maximum absolute atomic E-state index is 9.35. The van der Waals surface area contributed by atoms with Gasteiger partial charge < -0.3 is 4.42 Å². The van der Waals surface area contributed by atoms with Gasteiger partial charge in [0.15, 0.2) is 17.5 Å². The van der Waals surface area contributed by atoms with Gasteiger partial charge in [-0.2, -0.15) is 5.26 Å². The van der Waals surface area contributed by atoms with E-state index in [0.717, 1.165) is 61.2 Å². The second kappa shape index (κ2) is 11.8. The number of fused-ring (bicyclic) bond motifs is 5. The lowest BCUT2D eigenvalue weighted by Gasteiger charge is -2.73. The Hall–Kier alpha value is -6.90. The Morgan fingerprint density at radius 2 is 1.20 bits per heavy atom. The summed E-state index contributed by atoms with van der Waals surface area (Å²) >= 11 is 0. The second-order valence-electron chi connectivity index (χ2n) is 17.8. The van der Waals surface area contributed by atoms with Gasteiger partial charge in [0.25, 0.3) is 0 Å². The van der Waals surface area contributed by atoms with Gasteiger partial charge in [-0.15, -0.1) is 0 Å². The van der Waals surface area contributed by atoms with Crippen LogP contribution in [0.3, 0.4) is 0 Å². The summed E-state index contributed by atoms with van der Waals surface area (Å²) in [6.45, 7) is 0. The molecule has 13 rings (SSSR count). The summed E-state index contributed by atoms with van der Waals surface area (Å²) in [5, 5.41) is 13.7. The van der Waals surface area contributed by atoms with Crippen LogP contribution in [0, 0.1) is 28.6 Å². The van der Waals surface area contributed by atoms with Crippen LogP contribution in [0.4, 0.5) is 0 Å². The van der Waals surface area contributed by atoms with Crippen LogP contribution in [0.2, 0.25) is 0 Å². The van der Waals surface area contributed by atoms with E-state index in [1.54, 1.807) is 0 Å². The van der Waals surface area contributed by atoms with Crippen LogP contribution in [0.15, 0.2) is 162 Å². The Morgan fingerprint density at radius 1 is 0.542 bits per heavy atom. The zero-order valence-electron chi connectivity index (χ0n) is 32.4. The molecule has 280 valence electrons. The second-order valence-corrected chi connectivity index (χ2v) is 17.8. The highest BCUT2D eigenvalue weighted by Crippen LogP contribution is 2.89. The Bertz CT molecular complexity index is 3240. The van der Waals surface area contributed by atoms with Gasteiger partial charge in [0, 0.05) is 32.9 Å². The monoisotopic (exact) mass is 758 g/mol. The van der Waals surface area contributed by atoms with Crippen LogP contribution in [0.25, 0.3) is 78.0 Å². The van der Waals surface area contributed by atoms with Crippen molar-refractivity contribution in [1.82, 2.24) is 15.0 Å². The number of benzene rings is 7. The van der Waals surface area contributed by atoms with Crippen molar-refractivity contribution in [1.29, 1.82) is 5.26 Å². The van der Waals surface area contributed by atoms with Gasteiger partial charge in [0.1, 0.15) is 11.2 Å². The molecule has 0 amide bonds. The van der Waals surface area contributed by atoms with Gasteiger partial charge in [-0.05, 0) is 118 Å². The van der Waals surface area contributed by atoms with Crippen molar-refractivity contribution in [3.63, 3.8) is 0 Å². The number of nitrogens with zero attached hydrogens (tertiary/aromatic N) is 4. The summed E-state index contributed by atoms with van der Waals surface area (Å²) in [4.78, 5) is 15.4. The molecule has 7 aromatic carbocycles. The molecule has 9 aromatic rings. The first kappa shape index (κ1) is 33.1. The van der Waals surface area contributed by atoms with E-state index < -0.39 is 0 Å². The molecule has 0 N–H and O–H groups in total. The molecular weight excluding hydrogens is 721 g/mol. The van der Waals surface area contributed by atoms with E-state index in [0.29, 0.717) is 28.5 Å². The van der Waals surface area contributed by atoms with Crippen molar-refractivity contribution in [3.05, 3.63) is 174 Å². The summed E-state index contributed by atoms with van der Waals surface area (Å²) in [7, 11) is 0. The Morgan fingerprint density at radius 3 is 2.02 bits per heavy atom. The molecule has 4 saturated carbocycles. The summed E-state index contributed by atoms with van der Waals surface area (Å²) in [6, 6.07) is 58.2. The van der Waals surface area contributed by atoms with E-state index in [1.165, 1.54) is 54.4 Å². The first-order chi connectivity index (χ1) is 29.0. The average Bonchev–Trinajstić information content (AvgIpc) is 3.93. The summed E-state index contributed by atoms with van der Waals surface area (Å²) < 4.78 is 6.26. The van der Waals surface area contributed by atoms with Crippen molar-refractivity contribution in [2.24, 2.45) is 17.3 Å². The molecule has 5 nitrogen and oxygen atoms in total. The van der Waals surface area contributed by atoms with Gasteiger partial charge >= 0.3 is 0 Å². The van der Waals surface area contributed by atoms with E-state index in [-0.39, 0.29) is 10.8 Å². The minimum atomic E-state index is 0.186. The molecular formula is C54H38N4O. The maximum atomic E-state index is 9.35. The number of nitriles is 1. The van der Waals surface area contributed by atoms with Crippen molar-refractivity contribution in [2.75, 3.05) is 0 Å². The Balaban J connectivity index is 0.848. The van der Waals surface area contributed by atoms with Crippen molar-refractivity contribution >= 4 is 32.7 Å². The van der Waals surface area contributed by atoms with E-state index in [9.17, 15) is 5.26 Å². The van der Waals surface area contributed by atoms with E-state index in [4.69, 9.17) is 19.4 Å². The average molecular weight is 759 g/mol. The topological polar surface area (TPSA) is 75.6 Å². The molecule has 1 spiro atoms. The predicted molar refractivity (Wildman–Crippen MR) is 233 cm³/mol. The van der Waals surface area contributed by atoms with Crippen LogP contribution in [-0.2, 0) is 10.8 Å². The number of furan rings is 1. The summed E-state index contributed by atoms with van der Waals surface area (Å²) in [5.74, 6) is 3.63. The number of hydrogen-bond donors (Lipinski definition) is 0. The fourth-order valence-corrected chi connectivity index (χ4v) is 12.8. The third-order valence-electron chi connectivity index (χ3n) is 15.2. The third kappa shape index (κ3) is 4.52. The molecule has 0 radical (unpaired) electrons. The molecule has 2 heterocycles. The lowest BCUT2D eigenvalue weighted by atomic mass is 9.30. The van der Waals surface area contributed by atoms with Gasteiger partial charge in [0.2, 0.25) is 0 Å². The quantitative estimate of drug-likeness (QED) is 0.169. The minimum absolute atomic E-state index is 0.186. The van der Waals surface area contributed by atoms with Gasteiger partial charge in [-0.3, -0.25) is 0 Å². The smallest absolute Gasteiger partial charge is 0.164 e. The zero-order valence-corrected chi connectivity index (χ0v) is 32.4. The fraction of sp³-hybridized carbons (Fsp3) is 0.185. The lowest BCUT2D eigenvalue weighted by Crippen LogP contribution is -2.69. The minimum Gasteiger partial charge on any atom is -0.456 e. The number of hydrogen-bond acceptors (Lipinski definition) is 5. The summed E-state index contributed by atoms with van der Waals surface area (Å²) in [5.41, 5.74) is 11.6. The standard InChI is InChI=1S/C54H38N4O/c55-30-33-13-14-39-26-38(16-15-37(39)25-33)34-17-23-41(24-18-34)53-29-43-27-42-28-52(31-53,32-54(42,43)53)40-21-19-36(20-22-40)50-56-49(35-7-2-1-3-8-35)57-51(58-50)45-10-6-12-47-48(45)44-9-4-5-11-46(44)59-47/h1-26,42-43H,27-29,31-32H2. The lowest BCUT2D eigenvalue weighted by molar-refractivity contribution is -0.199. The first-order valence-electron chi connectivity index (χ1n) is 20.9. The van der Waals surface area contributed by atoms with Crippen LogP contribution in [0.1, 0.15) is 48.8 Å². The SMILES string of the molecule is N#Cc1ccc2cc(-c3ccc(C45CC6CC7CC(c8ccc(-c9nc(-c%10ccccc%10)nc(-c%10cccc%11oc%12ccccc%12c%10%11)n9)cc8)(C4)CC765)cc3)ccc2c1. The first-order valence-corrected chi connectivity index (χ1v) is 20.9. The summed E-state index contributed by atoms with van der Waals surface area (Å²) in [6.07, 6.45) is 6.51. The highest BCUT2D eigenvalue weighted by molar-refractivity contribution is 6.11. The third-order valence-corrected chi connectivity index (χ3v) is 15.2. The predicted octanol–water partition coefficient (Wildman–Crippen LogP) is 12.9. The van der Waals surface area contributed by atoms with E-state index in [1.807, 2.05) is 60.7 Å². The fourth-order valence-electron chi connectivity index (χ4n) is 12.8. The molecule has 0 aliphatic heterocycles. The molecule has 0 saturated heterocycles. The van der Waals surface area contributed by atoms with Crippen LogP contribution in [-0.4, -0.2) is 15.0 Å². The number of para-hydroxylation sites is 1. The van der Waals surface area contributed by atoms with E-state index >= 15 is 0 Å². The molecule has 4 aliphatic carbocycles. The van der Waals surface area contributed by atoms with E-state index in [2.05, 4.69) is 103 Å². The van der Waals surface area contributed by atoms with Crippen LogP contribution in [0.5, 0.6) is 0 Å². The van der Waals surface area contributed by atoms with Gasteiger partial charge in [0.05, 0.1) is 11.6 Å². The Kier molecular flexibility index (Phi) is 6.64. The molecule has 59 heavy (non-hydrogen) atoms. The van der Waals surface area contributed by atoms with Crippen molar-refractivity contribution in [3.8, 4) is 51.4 Å².